The molecule has 2 atom stereocenters. The monoisotopic (exact) mass is 268 g/mol. The van der Waals surface area contributed by atoms with Crippen LogP contribution in [-0.4, -0.2) is 31.3 Å². The van der Waals surface area contributed by atoms with Crippen LogP contribution >= 0.6 is 0 Å². The molecule has 0 heterocycles. The molecule has 0 radical (unpaired) electrons. The molecule has 0 aliphatic carbocycles. The van der Waals surface area contributed by atoms with Gasteiger partial charge in [0.25, 0.3) is 0 Å². The van der Waals surface area contributed by atoms with Gasteiger partial charge in [-0.1, -0.05) is 0 Å². The van der Waals surface area contributed by atoms with Crippen LogP contribution in [0.15, 0.2) is 12.1 Å². The highest BCUT2D eigenvalue weighted by Gasteiger charge is 2.21. The Morgan fingerprint density at radius 2 is 1.79 bits per heavy atom. The van der Waals surface area contributed by atoms with Crippen LogP contribution in [0.1, 0.15) is 23.6 Å². The van der Waals surface area contributed by atoms with Crippen LogP contribution in [0, 0.1) is 6.92 Å². The Morgan fingerprint density at radius 3 is 2.26 bits per heavy atom. The van der Waals surface area contributed by atoms with Crippen LogP contribution in [0.2, 0.25) is 0 Å². The van der Waals surface area contributed by atoms with Crippen molar-refractivity contribution in [1.82, 2.24) is 0 Å². The number of carboxylic acids is 1. The number of benzene rings is 1. The fourth-order valence-corrected chi connectivity index (χ4v) is 1.91. The highest BCUT2D eigenvalue weighted by atomic mass is 16.5. The predicted molar refractivity (Wildman–Crippen MR) is 71.4 cm³/mol. The van der Waals surface area contributed by atoms with Crippen LogP contribution in [0.4, 0.5) is 0 Å². The molecule has 2 unspecified atom stereocenters. The molecule has 0 aliphatic rings. The second-order valence-electron chi connectivity index (χ2n) is 4.35. The number of carboxylic acid groups (broad SMARTS) is 1. The summed E-state index contributed by atoms with van der Waals surface area (Å²) in [5.41, 5.74) is 13.5. The second kappa shape index (κ2) is 6.40. The number of hydrogen-bond donors (Lipinski definition) is 3. The predicted octanol–water partition coefficient (Wildman–Crippen LogP) is 0.814. The maximum absolute atomic E-state index is 10.7. The first kappa shape index (κ1) is 15.3. The van der Waals surface area contributed by atoms with Gasteiger partial charge in [0.2, 0.25) is 0 Å². The van der Waals surface area contributed by atoms with Crippen molar-refractivity contribution in [1.29, 1.82) is 0 Å². The van der Waals surface area contributed by atoms with Crippen molar-refractivity contribution in [3.63, 3.8) is 0 Å². The number of methoxy groups -OCH3 is 2. The number of hydrogen-bond acceptors (Lipinski definition) is 5. The molecule has 0 saturated heterocycles. The molecule has 0 aliphatic heterocycles. The van der Waals surface area contributed by atoms with E-state index in [2.05, 4.69) is 0 Å². The molecule has 19 heavy (non-hydrogen) atoms. The summed E-state index contributed by atoms with van der Waals surface area (Å²) in [6, 6.07) is 2.30. The van der Waals surface area contributed by atoms with E-state index in [4.69, 9.17) is 26.0 Å². The standard InChI is InChI=1S/C13H20N2O4/c1-7-4-10(18-2)11(19-3)5-8(7)13(15)9(14)6-12(16)17/h4-5,9,13H,6,14-15H2,1-3H3,(H,16,17). The summed E-state index contributed by atoms with van der Waals surface area (Å²) in [4.78, 5) is 10.7. The van der Waals surface area contributed by atoms with Crippen molar-refractivity contribution in [3.05, 3.63) is 23.3 Å². The first-order valence-corrected chi connectivity index (χ1v) is 5.86. The van der Waals surface area contributed by atoms with Crippen molar-refractivity contribution in [2.75, 3.05) is 14.2 Å². The zero-order valence-corrected chi connectivity index (χ0v) is 11.3. The van der Waals surface area contributed by atoms with Crippen molar-refractivity contribution < 1.29 is 19.4 Å². The Bertz CT molecular complexity index is 462. The van der Waals surface area contributed by atoms with Crippen LogP contribution in [0.5, 0.6) is 11.5 Å². The SMILES string of the molecule is COc1cc(C)c(C(N)C(N)CC(=O)O)cc1OC. The fourth-order valence-electron chi connectivity index (χ4n) is 1.91. The van der Waals surface area contributed by atoms with E-state index in [-0.39, 0.29) is 6.42 Å². The van der Waals surface area contributed by atoms with E-state index in [0.717, 1.165) is 11.1 Å². The molecule has 1 aromatic rings. The van der Waals surface area contributed by atoms with E-state index >= 15 is 0 Å². The van der Waals surface area contributed by atoms with Crippen molar-refractivity contribution in [2.45, 2.75) is 25.4 Å². The summed E-state index contributed by atoms with van der Waals surface area (Å²) in [6.45, 7) is 1.87. The Balaban J connectivity index is 3.09. The van der Waals surface area contributed by atoms with Gasteiger partial charge >= 0.3 is 5.97 Å². The van der Waals surface area contributed by atoms with Crippen LogP contribution < -0.4 is 20.9 Å². The van der Waals surface area contributed by atoms with E-state index in [0.29, 0.717) is 11.5 Å². The zero-order valence-electron chi connectivity index (χ0n) is 11.3. The summed E-state index contributed by atoms with van der Waals surface area (Å²) in [5.74, 6) is 0.171. The van der Waals surface area contributed by atoms with Gasteiger partial charge in [0.15, 0.2) is 11.5 Å². The Hall–Kier alpha value is -1.79. The summed E-state index contributed by atoms with van der Waals surface area (Å²) in [6.07, 6.45) is -0.186. The Morgan fingerprint density at radius 1 is 1.26 bits per heavy atom. The normalized spacial score (nSPS) is 13.7. The minimum absolute atomic E-state index is 0.186. The maximum atomic E-state index is 10.7. The average molecular weight is 268 g/mol. The van der Waals surface area contributed by atoms with Crippen molar-refractivity contribution in [3.8, 4) is 11.5 Å². The molecule has 5 N–H and O–H groups in total. The molecule has 1 rings (SSSR count). The van der Waals surface area contributed by atoms with Gasteiger partial charge < -0.3 is 26.0 Å². The molecule has 106 valence electrons. The van der Waals surface area contributed by atoms with E-state index in [1.165, 1.54) is 7.11 Å². The Kier molecular flexibility index (Phi) is 5.14. The van der Waals surface area contributed by atoms with Gasteiger partial charge in [-0.25, -0.2) is 0 Å². The van der Waals surface area contributed by atoms with Gasteiger partial charge in [-0.15, -0.1) is 0 Å². The van der Waals surface area contributed by atoms with Crippen molar-refractivity contribution >= 4 is 5.97 Å². The molecule has 6 nitrogen and oxygen atoms in total. The third-order valence-corrected chi connectivity index (χ3v) is 3.00. The number of aryl methyl sites for hydroxylation is 1. The van der Waals surface area contributed by atoms with E-state index in [1.807, 2.05) is 6.92 Å². The van der Waals surface area contributed by atoms with E-state index < -0.39 is 18.1 Å². The smallest absolute Gasteiger partial charge is 0.304 e. The third kappa shape index (κ3) is 3.59. The average Bonchev–Trinajstić information content (AvgIpc) is 2.36. The lowest BCUT2D eigenvalue weighted by atomic mass is 9.94. The molecule has 1 aromatic carbocycles. The minimum atomic E-state index is -0.971. The molecule has 6 heteroatoms. The molecular formula is C13H20N2O4. The summed E-state index contributed by atoms with van der Waals surface area (Å²) in [7, 11) is 3.08. The fraction of sp³-hybridized carbons (Fsp3) is 0.462. The lowest BCUT2D eigenvalue weighted by molar-refractivity contribution is -0.137. The van der Waals surface area contributed by atoms with Crippen LogP contribution in [0.3, 0.4) is 0 Å². The topological polar surface area (TPSA) is 108 Å². The van der Waals surface area contributed by atoms with Crippen molar-refractivity contribution in [2.24, 2.45) is 11.5 Å². The number of aliphatic carboxylic acids is 1. The maximum Gasteiger partial charge on any atom is 0.304 e. The van der Waals surface area contributed by atoms with Crippen LogP contribution in [0.25, 0.3) is 0 Å². The summed E-state index contributed by atoms with van der Waals surface area (Å²) in [5, 5.41) is 8.75. The van der Waals surface area contributed by atoms with E-state index in [1.54, 1.807) is 19.2 Å². The van der Waals surface area contributed by atoms with Crippen LogP contribution in [-0.2, 0) is 4.79 Å². The molecular weight excluding hydrogens is 248 g/mol. The zero-order chi connectivity index (χ0) is 14.6. The molecule has 0 saturated carbocycles. The highest BCUT2D eigenvalue weighted by molar-refractivity contribution is 5.67. The number of nitrogens with two attached hydrogens (primary N) is 2. The minimum Gasteiger partial charge on any atom is -0.493 e. The lowest BCUT2D eigenvalue weighted by Crippen LogP contribution is -2.36. The van der Waals surface area contributed by atoms with E-state index in [9.17, 15) is 4.79 Å². The van der Waals surface area contributed by atoms with Gasteiger partial charge in [-0.2, -0.15) is 0 Å². The van der Waals surface area contributed by atoms with Gasteiger partial charge in [0.05, 0.1) is 20.6 Å². The second-order valence-corrected chi connectivity index (χ2v) is 4.35. The lowest BCUT2D eigenvalue weighted by Gasteiger charge is -2.22. The van der Waals surface area contributed by atoms with Gasteiger partial charge in [0.1, 0.15) is 0 Å². The molecule has 0 fully saturated rings. The summed E-state index contributed by atoms with van der Waals surface area (Å²) < 4.78 is 10.4. The largest absolute Gasteiger partial charge is 0.493 e. The molecule has 0 amide bonds. The summed E-state index contributed by atoms with van der Waals surface area (Å²) >= 11 is 0. The molecule has 0 spiro atoms. The quantitative estimate of drug-likeness (QED) is 0.704. The Labute approximate surface area is 112 Å². The highest BCUT2D eigenvalue weighted by Crippen LogP contribution is 2.33. The van der Waals surface area contributed by atoms with Gasteiger partial charge in [-0.05, 0) is 30.2 Å². The van der Waals surface area contributed by atoms with Gasteiger partial charge in [0, 0.05) is 12.1 Å². The number of rotatable bonds is 6. The number of carbonyl (C=O) groups is 1. The first-order valence-electron chi connectivity index (χ1n) is 5.86. The number of ether oxygens (including phenoxy) is 2. The third-order valence-electron chi connectivity index (χ3n) is 3.00. The first-order chi connectivity index (χ1) is 8.90. The molecule has 0 bridgehead atoms. The van der Waals surface area contributed by atoms with Gasteiger partial charge in [-0.3, -0.25) is 4.79 Å². The molecule has 0 aromatic heterocycles.